The van der Waals surface area contributed by atoms with E-state index in [0.717, 1.165) is 6.61 Å². The molecule has 3 unspecified atom stereocenters. The average molecular weight is 240 g/mol. The summed E-state index contributed by atoms with van der Waals surface area (Å²) in [6.07, 6.45) is 4.93. The molecule has 1 saturated carbocycles. The van der Waals surface area contributed by atoms with E-state index in [1.165, 1.54) is 25.5 Å². The van der Waals surface area contributed by atoms with E-state index in [4.69, 9.17) is 4.74 Å². The van der Waals surface area contributed by atoms with Gasteiger partial charge in [0, 0.05) is 18.4 Å². The summed E-state index contributed by atoms with van der Waals surface area (Å²) in [5.41, 5.74) is 0.0446. The Morgan fingerprint density at radius 3 is 2.18 bits per heavy atom. The maximum Gasteiger partial charge on any atom is 0.123 e. The van der Waals surface area contributed by atoms with Gasteiger partial charge in [0.05, 0.1) is 6.61 Å². The Bertz CT molecular complexity index is 237. The zero-order valence-corrected chi connectivity index (χ0v) is 12.0. The van der Waals surface area contributed by atoms with E-state index in [0.29, 0.717) is 17.8 Å². The van der Waals surface area contributed by atoms with E-state index in [1.54, 1.807) is 7.11 Å². The molecule has 0 spiro atoms. The van der Waals surface area contributed by atoms with Gasteiger partial charge < -0.3 is 9.53 Å². The minimum atomic E-state index is 0.0446. The van der Waals surface area contributed by atoms with Crippen molar-refractivity contribution in [2.24, 2.45) is 29.1 Å². The van der Waals surface area contributed by atoms with Crippen LogP contribution in [0.2, 0.25) is 0 Å². The molecule has 1 fully saturated rings. The second-order valence-corrected chi connectivity index (χ2v) is 6.18. The first-order valence-corrected chi connectivity index (χ1v) is 6.94. The first kappa shape index (κ1) is 14.7. The van der Waals surface area contributed by atoms with Gasteiger partial charge in [-0.3, -0.25) is 0 Å². The molecule has 0 aromatic heterocycles. The van der Waals surface area contributed by atoms with Crippen LogP contribution in [0.4, 0.5) is 0 Å². The van der Waals surface area contributed by atoms with Crippen molar-refractivity contribution in [1.82, 2.24) is 0 Å². The molecule has 0 N–H and O–H groups in total. The molecule has 1 aliphatic carbocycles. The number of hydrogen-bond donors (Lipinski definition) is 0. The van der Waals surface area contributed by atoms with Gasteiger partial charge in [-0.2, -0.15) is 0 Å². The normalized spacial score (nSPS) is 35.9. The number of aldehydes is 1. The molecular formula is C15H28O2. The minimum absolute atomic E-state index is 0.0446. The summed E-state index contributed by atoms with van der Waals surface area (Å²) in [7, 11) is 1.76. The molecule has 0 aromatic carbocycles. The maximum absolute atomic E-state index is 11.6. The number of hydrogen-bond acceptors (Lipinski definition) is 2. The number of rotatable bonds is 5. The van der Waals surface area contributed by atoms with Crippen LogP contribution in [0.5, 0.6) is 0 Å². The fourth-order valence-corrected chi connectivity index (χ4v) is 3.95. The molecule has 0 radical (unpaired) electrons. The maximum atomic E-state index is 11.6. The lowest BCUT2D eigenvalue weighted by Gasteiger charge is -2.51. The summed E-state index contributed by atoms with van der Waals surface area (Å²) < 4.78 is 5.50. The summed E-state index contributed by atoms with van der Waals surface area (Å²) >= 11 is 0. The highest BCUT2D eigenvalue weighted by atomic mass is 16.5. The van der Waals surface area contributed by atoms with Crippen LogP contribution in [0.15, 0.2) is 0 Å². The number of methoxy groups -OCH3 is 1. The Morgan fingerprint density at radius 1 is 1.29 bits per heavy atom. The highest BCUT2D eigenvalue weighted by Crippen LogP contribution is 2.52. The van der Waals surface area contributed by atoms with Gasteiger partial charge in [-0.15, -0.1) is 0 Å². The quantitative estimate of drug-likeness (QED) is 0.687. The Hall–Kier alpha value is -0.370. The number of ether oxygens (including phenoxy) is 1. The zero-order chi connectivity index (χ0) is 13.1. The lowest BCUT2D eigenvalue weighted by atomic mass is 9.54. The van der Waals surface area contributed by atoms with Crippen LogP contribution >= 0.6 is 0 Å². The standard InChI is InChI=1S/C15H28O2/c1-11(2)14(9-16)15(10-17-5)12(3)7-6-8-13(15)4/h9,11-14H,6-8,10H2,1-5H3. The van der Waals surface area contributed by atoms with Gasteiger partial charge in [-0.1, -0.05) is 47.0 Å². The summed E-state index contributed by atoms with van der Waals surface area (Å²) in [5.74, 6) is 1.66. The van der Waals surface area contributed by atoms with E-state index < -0.39 is 0 Å². The van der Waals surface area contributed by atoms with Crippen molar-refractivity contribution in [2.45, 2.75) is 47.0 Å². The highest BCUT2D eigenvalue weighted by Gasteiger charge is 2.49. The summed E-state index contributed by atoms with van der Waals surface area (Å²) in [6.45, 7) is 9.63. The molecule has 17 heavy (non-hydrogen) atoms. The third-order valence-corrected chi connectivity index (χ3v) is 4.99. The van der Waals surface area contributed by atoms with Crippen molar-refractivity contribution in [3.63, 3.8) is 0 Å². The molecule has 1 aliphatic rings. The van der Waals surface area contributed by atoms with Gasteiger partial charge in [0.2, 0.25) is 0 Å². The molecule has 0 saturated heterocycles. The van der Waals surface area contributed by atoms with Crippen LogP contribution in [0.25, 0.3) is 0 Å². The van der Waals surface area contributed by atoms with E-state index in [9.17, 15) is 4.79 Å². The molecule has 2 nitrogen and oxygen atoms in total. The molecule has 0 bridgehead atoms. The monoisotopic (exact) mass is 240 g/mol. The third kappa shape index (κ3) is 2.57. The van der Waals surface area contributed by atoms with Crippen molar-refractivity contribution in [1.29, 1.82) is 0 Å². The van der Waals surface area contributed by atoms with Gasteiger partial charge in [0.25, 0.3) is 0 Å². The lowest BCUT2D eigenvalue weighted by molar-refractivity contribution is -0.132. The van der Waals surface area contributed by atoms with Crippen LogP contribution < -0.4 is 0 Å². The topological polar surface area (TPSA) is 26.3 Å². The Morgan fingerprint density at radius 2 is 1.82 bits per heavy atom. The molecule has 2 heteroatoms. The lowest BCUT2D eigenvalue weighted by Crippen LogP contribution is -2.50. The SMILES string of the molecule is COCC1(C(C=O)C(C)C)C(C)CCCC1C. The van der Waals surface area contributed by atoms with Gasteiger partial charge in [-0.05, 0) is 17.8 Å². The smallest absolute Gasteiger partial charge is 0.123 e. The molecule has 1 rings (SSSR count). The predicted octanol–water partition coefficient (Wildman–Crippen LogP) is 3.55. The second-order valence-electron chi connectivity index (χ2n) is 6.18. The summed E-state index contributed by atoms with van der Waals surface area (Å²) in [6, 6.07) is 0. The molecule has 3 atom stereocenters. The van der Waals surface area contributed by atoms with E-state index >= 15 is 0 Å². The minimum Gasteiger partial charge on any atom is -0.384 e. The van der Waals surface area contributed by atoms with Crippen LogP contribution in [-0.2, 0) is 9.53 Å². The molecule has 100 valence electrons. The van der Waals surface area contributed by atoms with Crippen LogP contribution in [0, 0.1) is 29.1 Å². The molecule has 0 aromatic rings. The Balaban J connectivity index is 3.11. The highest BCUT2D eigenvalue weighted by molar-refractivity contribution is 5.56. The van der Waals surface area contributed by atoms with Gasteiger partial charge in [0.1, 0.15) is 6.29 Å². The summed E-state index contributed by atoms with van der Waals surface area (Å²) in [5, 5.41) is 0. The van der Waals surface area contributed by atoms with E-state index in [-0.39, 0.29) is 11.3 Å². The van der Waals surface area contributed by atoms with Crippen LogP contribution in [0.3, 0.4) is 0 Å². The number of carbonyl (C=O) groups excluding carboxylic acids is 1. The molecule has 0 aliphatic heterocycles. The van der Waals surface area contributed by atoms with Crippen molar-refractivity contribution >= 4 is 6.29 Å². The van der Waals surface area contributed by atoms with Gasteiger partial charge >= 0.3 is 0 Å². The summed E-state index contributed by atoms with van der Waals surface area (Å²) in [4.78, 5) is 11.6. The van der Waals surface area contributed by atoms with Crippen molar-refractivity contribution < 1.29 is 9.53 Å². The van der Waals surface area contributed by atoms with E-state index in [1.807, 2.05) is 0 Å². The van der Waals surface area contributed by atoms with Gasteiger partial charge in [0.15, 0.2) is 0 Å². The Kier molecular flexibility index (Phi) is 5.18. The van der Waals surface area contributed by atoms with Crippen molar-refractivity contribution in [3.8, 4) is 0 Å². The predicted molar refractivity (Wildman–Crippen MR) is 70.9 cm³/mol. The average Bonchev–Trinajstić information content (AvgIpc) is 2.26. The van der Waals surface area contributed by atoms with E-state index in [2.05, 4.69) is 27.7 Å². The molecule has 0 amide bonds. The zero-order valence-electron chi connectivity index (χ0n) is 12.0. The fourth-order valence-electron chi connectivity index (χ4n) is 3.95. The molecular weight excluding hydrogens is 212 g/mol. The number of carbonyl (C=O) groups is 1. The van der Waals surface area contributed by atoms with Crippen molar-refractivity contribution in [2.75, 3.05) is 13.7 Å². The Labute approximate surface area is 106 Å². The fraction of sp³-hybridized carbons (Fsp3) is 0.933. The second kappa shape index (κ2) is 5.99. The van der Waals surface area contributed by atoms with Gasteiger partial charge in [-0.25, -0.2) is 0 Å². The largest absolute Gasteiger partial charge is 0.384 e. The molecule has 0 heterocycles. The van der Waals surface area contributed by atoms with Crippen molar-refractivity contribution in [3.05, 3.63) is 0 Å². The third-order valence-electron chi connectivity index (χ3n) is 4.99. The first-order valence-electron chi connectivity index (χ1n) is 6.94. The first-order chi connectivity index (χ1) is 8.00. The van der Waals surface area contributed by atoms with Crippen LogP contribution in [-0.4, -0.2) is 20.0 Å². The van der Waals surface area contributed by atoms with Crippen LogP contribution in [0.1, 0.15) is 47.0 Å².